The maximum Gasteiger partial charge on any atom is 0.328 e. The van der Waals surface area contributed by atoms with Crippen molar-refractivity contribution in [3.8, 4) is 0 Å². The van der Waals surface area contributed by atoms with E-state index in [1.54, 1.807) is 0 Å². The van der Waals surface area contributed by atoms with Crippen LogP contribution in [0.2, 0.25) is 0 Å². The summed E-state index contributed by atoms with van der Waals surface area (Å²) < 4.78 is 4.84. The number of hydrogen-bond donors (Lipinski definition) is 1. The summed E-state index contributed by atoms with van der Waals surface area (Å²) in [5, 5.41) is 2.79. The van der Waals surface area contributed by atoms with Gasteiger partial charge in [-0.1, -0.05) is 47.0 Å². The summed E-state index contributed by atoms with van der Waals surface area (Å²) in [6.45, 7) is 5.88. The van der Waals surface area contributed by atoms with E-state index in [0.717, 1.165) is 22.3 Å². The molecule has 4 heteroatoms. The quantitative estimate of drug-likeness (QED) is 0.859. The molecule has 0 fully saturated rings. The SMILES string of the molecule is COC(=O)[C@@H](Cc1ccc(C)cc1)NC(=O)c1cc(C)cc(C)c1. The van der Waals surface area contributed by atoms with Crippen LogP contribution in [0.5, 0.6) is 0 Å². The highest BCUT2D eigenvalue weighted by Crippen LogP contribution is 2.11. The summed E-state index contributed by atoms with van der Waals surface area (Å²) in [6, 6.07) is 12.8. The summed E-state index contributed by atoms with van der Waals surface area (Å²) in [5.74, 6) is -0.724. The number of esters is 1. The van der Waals surface area contributed by atoms with Crippen LogP contribution in [0, 0.1) is 20.8 Å². The van der Waals surface area contributed by atoms with E-state index in [1.807, 2.05) is 63.2 Å². The predicted octanol–water partition coefficient (Wildman–Crippen LogP) is 3.13. The van der Waals surface area contributed by atoms with Gasteiger partial charge >= 0.3 is 5.97 Å². The fourth-order valence-electron chi connectivity index (χ4n) is 2.64. The fraction of sp³-hybridized carbons (Fsp3) is 0.300. The van der Waals surface area contributed by atoms with E-state index in [9.17, 15) is 9.59 Å². The molecule has 0 saturated heterocycles. The lowest BCUT2D eigenvalue weighted by Gasteiger charge is -2.17. The Morgan fingerprint density at radius 3 is 2.08 bits per heavy atom. The smallest absolute Gasteiger partial charge is 0.328 e. The van der Waals surface area contributed by atoms with E-state index < -0.39 is 12.0 Å². The molecule has 4 nitrogen and oxygen atoms in total. The van der Waals surface area contributed by atoms with Gasteiger partial charge in [-0.2, -0.15) is 0 Å². The largest absolute Gasteiger partial charge is 0.467 e. The monoisotopic (exact) mass is 325 g/mol. The first kappa shape index (κ1) is 17.7. The van der Waals surface area contributed by atoms with Gasteiger partial charge in [0.05, 0.1) is 7.11 Å². The van der Waals surface area contributed by atoms with Crippen molar-refractivity contribution in [3.05, 3.63) is 70.3 Å². The number of methoxy groups -OCH3 is 1. The molecule has 0 aliphatic heterocycles. The van der Waals surface area contributed by atoms with Crippen LogP contribution in [0.3, 0.4) is 0 Å². The molecular weight excluding hydrogens is 302 g/mol. The van der Waals surface area contributed by atoms with Crippen molar-refractivity contribution in [2.45, 2.75) is 33.2 Å². The lowest BCUT2D eigenvalue weighted by atomic mass is 10.0. The Morgan fingerprint density at radius 1 is 0.958 bits per heavy atom. The first-order valence-electron chi connectivity index (χ1n) is 7.91. The third kappa shape index (κ3) is 4.69. The second kappa shape index (κ2) is 7.77. The van der Waals surface area contributed by atoms with Crippen LogP contribution in [0.1, 0.15) is 32.6 Å². The van der Waals surface area contributed by atoms with Gasteiger partial charge < -0.3 is 10.1 Å². The van der Waals surface area contributed by atoms with Gasteiger partial charge in [-0.15, -0.1) is 0 Å². The molecule has 0 aliphatic carbocycles. The topological polar surface area (TPSA) is 55.4 Å². The molecule has 0 saturated carbocycles. The number of benzene rings is 2. The van der Waals surface area contributed by atoms with Crippen LogP contribution in [0.25, 0.3) is 0 Å². The number of hydrogen-bond acceptors (Lipinski definition) is 3. The molecule has 1 amide bonds. The molecule has 2 aromatic carbocycles. The van der Waals surface area contributed by atoms with E-state index in [1.165, 1.54) is 7.11 Å². The Labute approximate surface area is 142 Å². The zero-order valence-electron chi connectivity index (χ0n) is 14.6. The lowest BCUT2D eigenvalue weighted by Crippen LogP contribution is -2.43. The van der Waals surface area contributed by atoms with E-state index in [2.05, 4.69) is 5.32 Å². The molecular formula is C20H23NO3. The van der Waals surface area contributed by atoms with Crippen LogP contribution in [-0.2, 0) is 16.0 Å². The number of ether oxygens (including phenoxy) is 1. The van der Waals surface area contributed by atoms with Crippen molar-refractivity contribution < 1.29 is 14.3 Å². The highest BCUT2D eigenvalue weighted by molar-refractivity contribution is 5.97. The molecule has 126 valence electrons. The van der Waals surface area contributed by atoms with Crippen LogP contribution in [0.15, 0.2) is 42.5 Å². The molecule has 0 bridgehead atoms. The zero-order chi connectivity index (χ0) is 17.7. The van der Waals surface area contributed by atoms with Gasteiger partial charge in [0.2, 0.25) is 0 Å². The summed E-state index contributed by atoms with van der Waals surface area (Å²) in [6.07, 6.45) is 0.392. The summed E-state index contributed by atoms with van der Waals surface area (Å²) >= 11 is 0. The predicted molar refractivity (Wildman–Crippen MR) is 94.1 cm³/mol. The van der Waals surface area contributed by atoms with E-state index in [-0.39, 0.29) is 5.91 Å². The Morgan fingerprint density at radius 2 is 1.54 bits per heavy atom. The minimum atomic E-state index is -0.717. The number of rotatable bonds is 5. The molecule has 1 N–H and O–H groups in total. The minimum absolute atomic E-state index is 0.274. The zero-order valence-corrected chi connectivity index (χ0v) is 14.6. The molecule has 0 spiro atoms. The average Bonchev–Trinajstić information content (AvgIpc) is 2.54. The van der Waals surface area contributed by atoms with Crippen molar-refractivity contribution in [1.29, 1.82) is 0 Å². The summed E-state index contributed by atoms with van der Waals surface area (Å²) in [7, 11) is 1.33. The normalized spacial score (nSPS) is 11.7. The van der Waals surface area contributed by atoms with Gasteiger partial charge in [0.15, 0.2) is 0 Å². The van der Waals surface area contributed by atoms with Crippen molar-refractivity contribution in [2.75, 3.05) is 7.11 Å². The number of carbonyl (C=O) groups is 2. The third-order valence-electron chi connectivity index (χ3n) is 3.84. The first-order chi connectivity index (χ1) is 11.4. The number of carbonyl (C=O) groups excluding carboxylic acids is 2. The molecule has 0 radical (unpaired) electrons. The standard InChI is InChI=1S/C20H23NO3/c1-13-5-7-16(8-6-13)12-18(20(23)24-4)21-19(22)17-10-14(2)9-15(3)11-17/h5-11,18H,12H2,1-4H3,(H,21,22)/t18-/m1/s1. The van der Waals surface area contributed by atoms with E-state index in [0.29, 0.717) is 12.0 Å². The van der Waals surface area contributed by atoms with Crippen molar-refractivity contribution in [3.63, 3.8) is 0 Å². The van der Waals surface area contributed by atoms with Gasteiger partial charge in [-0.3, -0.25) is 4.79 Å². The van der Waals surface area contributed by atoms with Crippen molar-refractivity contribution in [2.24, 2.45) is 0 Å². The fourth-order valence-corrected chi connectivity index (χ4v) is 2.64. The first-order valence-corrected chi connectivity index (χ1v) is 7.91. The lowest BCUT2D eigenvalue weighted by molar-refractivity contribution is -0.142. The number of nitrogens with one attached hydrogen (secondary N) is 1. The van der Waals surface area contributed by atoms with Crippen molar-refractivity contribution >= 4 is 11.9 Å². The van der Waals surface area contributed by atoms with Gasteiger partial charge in [0.1, 0.15) is 6.04 Å². The third-order valence-corrected chi connectivity index (χ3v) is 3.84. The molecule has 24 heavy (non-hydrogen) atoms. The second-order valence-corrected chi connectivity index (χ2v) is 6.12. The number of aryl methyl sites for hydroxylation is 3. The van der Waals surface area contributed by atoms with Crippen molar-refractivity contribution in [1.82, 2.24) is 5.32 Å². The molecule has 2 rings (SSSR count). The van der Waals surface area contributed by atoms with Crippen LogP contribution in [-0.4, -0.2) is 25.0 Å². The average molecular weight is 325 g/mol. The molecule has 0 aromatic heterocycles. The molecule has 2 aromatic rings. The van der Waals surface area contributed by atoms with Gasteiger partial charge in [-0.25, -0.2) is 4.79 Å². The molecule has 0 aliphatic rings. The maximum atomic E-state index is 12.5. The highest BCUT2D eigenvalue weighted by atomic mass is 16.5. The second-order valence-electron chi connectivity index (χ2n) is 6.12. The van der Waals surface area contributed by atoms with Gasteiger partial charge in [-0.05, 0) is 38.5 Å². The summed E-state index contributed by atoms with van der Waals surface area (Å²) in [5.41, 5.74) is 4.68. The van der Waals surface area contributed by atoms with Gasteiger partial charge in [0.25, 0.3) is 5.91 Å². The van der Waals surface area contributed by atoms with Gasteiger partial charge in [0, 0.05) is 12.0 Å². The number of amides is 1. The Balaban J connectivity index is 2.17. The highest BCUT2D eigenvalue weighted by Gasteiger charge is 2.22. The van der Waals surface area contributed by atoms with Crippen LogP contribution < -0.4 is 5.32 Å². The Bertz CT molecular complexity index is 715. The maximum absolute atomic E-state index is 12.5. The Hall–Kier alpha value is -2.62. The molecule has 1 atom stereocenters. The molecule has 0 unspecified atom stereocenters. The van der Waals surface area contributed by atoms with Crippen LogP contribution in [0.4, 0.5) is 0 Å². The summed E-state index contributed by atoms with van der Waals surface area (Å²) in [4.78, 5) is 24.6. The Kier molecular flexibility index (Phi) is 5.74. The van der Waals surface area contributed by atoms with Crippen LogP contribution >= 0.6 is 0 Å². The molecule has 0 heterocycles. The minimum Gasteiger partial charge on any atom is -0.467 e. The van der Waals surface area contributed by atoms with E-state index >= 15 is 0 Å². The van der Waals surface area contributed by atoms with E-state index in [4.69, 9.17) is 4.74 Å².